The number of H-pyrrole nitrogens is 4. The van der Waals surface area contributed by atoms with Crippen LogP contribution in [0.5, 0.6) is 0 Å². The van der Waals surface area contributed by atoms with Crippen molar-refractivity contribution in [1.82, 2.24) is 79.7 Å². The summed E-state index contributed by atoms with van der Waals surface area (Å²) in [5.74, 6) is 1.73. The number of aromatic nitrogens is 16. The van der Waals surface area contributed by atoms with Crippen LogP contribution in [0.4, 0.5) is 23.3 Å². The van der Waals surface area contributed by atoms with Gasteiger partial charge in [0.05, 0.1) is 49.6 Å². The fourth-order valence-electron chi connectivity index (χ4n) is 3.13. The smallest absolute Gasteiger partial charge is 1.00 e. The summed E-state index contributed by atoms with van der Waals surface area (Å²) < 4.78 is 0. The predicted molar refractivity (Wildman–Crippen MR) is 190 cm³/mol. The van der Waals surface area contributed by atoms with Crippen LogP contribution in [-0.4, -0.2) is 79.7 Å². The molecule has 0 spiro atoms. The SMILES string of the molecule is CC#N.CC#N.CC#N.CC#N.Nc1ncnc2nc[nH]c12.Nc1ncnc2nc[nH]c12.Nc1ncnc2nc[nH]c12.Nc1ncnc2nc[nH]c12.[Cu+2].[Cu+2].[F-].[F-].[F-].[F-].[F-].[F-].[F-].[F-].[F-].[F-].[F-].[F-].[Ti+4].[Ti+4]. The maximum atomic E-state index is 7.32. The molecule has 0 atom stereocenters. The summed E-state index contributed by atoms with van der Waals surface area (Å²) in [6.45, 7) is 5.72. The van der Waals surface area contributed by atoms with E-state index in [4.69, 9.17) is 44.0 Å². The number of hydrogen-bond donors (Lipinski definition) is 8. The van der Waals surface area contributed by atoms with Crippen LogP contribution >= 0.6 is 0 Å². The van der Waals surface area contributed by atoms with E-state index in [9.17, 15) is 0 Å². The number of nitriles is 4. The topological polar surface area (TPSA) is 417 Å². The Morgan fingerprint density at radius 2 is 0.456 bits per heavy atom. The number of hydrogen-bond acceptors (Lipinski definition) is 20. The molecule has 12 N–H and O–H groups in total. The molecule has 0 unspecified atom stereocenters. The van der Waals surface area contributed by atoms with Crippen LogP contribution in [0, 0.1) is 45.3 Å². The Labute approximate surface area is 426 Å². The zero-order valence-electron chi connectivity index (χ0n) is 34.2. The van der Waals surface area contributed by atoms with Gasteiger partial charge in [-0.05, 0) is 0 Å². The summed E-state index contributed by atoms with van der Waals surface area (Å²) in [6.07, 6.45) is 11.7. The van der Waals surface area contributed by atoms with Crippen LogP contribution in [0.2, 0.25) is 0 Å². The van der Waals surface area contributed by atoms with E-state index in [2.05, 4.69) is 79.7 Å². The Hall–Kier alpha value is -7.01. The molecular weight excluding hydrogens is 1120 g/mol. The van der Waals surface area contributed by atoms with E-state index in [0.29, 0.717) is 67.9 Å². The molecule has 0 aliphatic heterocycles. The van der Waals surface area contributed by atoms with E-state index in [1.54, 1.807) is 24.3 Å². The molecule has 378 valence electrons. The fraction of sp³-hybridized carbons (Fsp3) is 0.143. The first-order valence-electron chi connectivity index (χ1n) is 14.0. The molecule has 0 aliphatic rings. The van der Waals surface area contributed by atoms with Crippen molar-refractivity contribution in [3.63, 3.8) is 0 Å². The van der Waals surface area contributed by atoms with Crippen molar-refractivity contribution in [3.8, 4) is 24.3 Å². The first-order chi connectivity index (χ1) is 25.2. The van der Waals surface area contributed by atoms with Crippen LogP contribution in [0.25, 0.3) is 44.7 Å². The van der Waals surface area contributed by atoms with Gasteiger partial charge < -0.3 is 99.3 Å². The van der Waals surface area contributed by atoms with Gasteiger partial charge in [0.2, 0.25) is 0 Å². The summed E-state index contributed by atoms with van der Waals surface area (Å²) in [4.78, 5) is 57.5. The van der Waals surface area contributed by atoms with E-state index in [0.717, 1.165) is 0 Å². The molecular formula is C28H32Cu2F12N24Ti2. The number of aromatic amines is 4. The Balaban J connectivity index is -0.0000000327. The minimum Gasteiger partial charge on any atom is -1.00 e. The summed E-state index contributed by atoms with van der Waals surface area (Å²) in [5.41, 5.74) is 27.1. The van der Waals surface area contributed by atoms with Crippen molar-refractivity contribution in [2.45, 2.75) is 27.7 Å². The summed E-state index contributed by atoms with van der Waals surface area (Å²) in [5, 5.41) is 29.3. The third-order valence-corrected chi connectivity index (χ3v) is 5.01. The number of nitrogens with one attached hydrogen (secondary N) is 4. The van der Waals surface area contributed by atoms with E-state index in [-0.39, 0.29) is 134 Å². The molecule has 0 amide bonds. The number of rotatable bonds is 0. The zero-order chi connectivity index (χ0) is 38.7. The van der Waals surface area contributed by atoms with E-state index in [1.807, 2.05) is 0 Å². The van der Waals surface area contributed by atoms with Crippen LogP contribution in [0.15, 0.2) is 50.6 Å². The molecule has 0 saturated heterocycles. The first kappa shape index (κ1) is 108. The van der Waals surface area contributed by atoms with Crippen LogP contribution < -0.4 is 79.4 Å². The normalized spacial score (nSPS) is 6.59. The molecule has 0 aromatic carbocycles. The molecule has 8 rings (SSSR count). The first-order valence-corrected chi connectivity index (χ1v) is 14.0. The molecule has 8 aromatic rings. The molecule has 24 nitrogen and oxygen atoms in total. The third-order valence-electron chi connectivity index (χ3n) is 5.01. The number of nitrogens with zero attached hydrogens (tertiary/aromatic N) is 16. The van der Waals surface area contributed by atoms with Gasteiger partial charge >= 0.3 is 77.6 Å². The average molecular weight is 1160 g/mol. The van der Waals surface area contributed by atoms with Gasteiger partial charge in [-0.15, -0.1) is 0 Å². The van der Waals surface area contributed by atoms with Crippen LogP contribution in [-0.2, 0) is 77.6 Å². The second kappa shape index (κ2) is 64.3. The minimum atomic E-state index is 0. The molecule has 8 heterocycles. The van der Waals surface area contributed by atoms with Gasteiger partial charge in [0, 0.05) is 27.7 Å². The molecule has 0 aliphatic carbocycles. The van der Waals surface area contributed by atoms with Gasteiger partial charge in [-0.25, -0.2) is 59.8 Å². The Bertz CT molecular complexity index is 2110. The minimum absolute atomic E-state index is 0. The number of nitrogen functional groups attached to an aromatic ring is 4. The van der Waals surface area contributed by atoms with Crippen molar-refractivity contribution in [3.05, 3.63) is 50.6 Å². The molecule has 8 aromatic heterocycles. The monoisotopic (exact) mass is 1150 g/mol. The number of imidazole rings is 4. The molecule has 0 bridgehead atoms. The van der Waals surface area contributed by atoms with Crippen LogP contribution in [0.1, 0.15) is 27.7 Å². The second-order valence-electron chi connectivity index (χ2n) is 8.33. The molecule has 40 heteroatoms. The zero-order valence-corrected chi connectivity index (χ0v) is 39.2. The standard InChI is InChI=1S/4C5H5N5.4C2H3N.2Cu.12FH.2Ti/c4*6-4-3-5(9-1-7-3)10-2-8-4;4*1-2-3;;;;;;;;;;;;;;;;/h4*1-2H,(H3,6,7,8,9,10);4*1H3;;;12*1H;;/q;;;;;;;;2*+2;;;;;;;;;;;;;2*+4/p-12. The maximum absolute atomic E-state index is 7.32. The van der Waals surface area contributed by atoms with Gasteiger partial charge in [0.15, 0.2) is 45.9 Å². The fourth-order valence-corrected chi connectivity index (χ4v) is 3.13. The molecule has 0 fully saturated rings. The van der Waals surface area contributed by atoms with Crippen molar-refractivity contribution < 1.29 is 134 Å². The quantitative estimate of drug-likeness (QED) is 0.0516. The van der Waals surface area contributed by atoms with Gasteiger partial charge in [-0.1, -0.05) is 0 Å². The second-order valence-corrected chi connectivity index (χ2v) is 8.33. The Morgan fingerprint density at radius 3 is 0.574 bits per heavy atom. The van der Waals surface area contributed by atoms with Crippen molar-refractivity contribution in [2.75, 3.05) is 22.9 Å². The molecule has 2 radical (unpaired) electrons. The van der Waals surface area contributed by atoms with E-state index in [1.165, 1.54) is 78.3 Å². The predicted octanol–water partition coefficient (Wildman–Crippen LogP) is -34.1. The van der Waals surface area contributed by atoms with E-state index >= 15 is 0 Å². The average Bonchev–Trinajstić information content (AvgIpc) is 3.95. The third kappa shape index (κ3) is 37.2. The summed E-state index contributed by atoms with van der Waals surface area (Å²) >= 11 is 0. The van der Waals surface area contributed by atoms with Gasteiger partial charge in [-0.3, -0.25) is 0 Å². The Morgan fingerprint density at radius 1 is 0.324 bits per heavy atom. The van der Waals surface area contributed by atoms with Gasteiger partial charge in [0.25, 0.3) is 0 Å². The van der Waals surface area contributed by atoms with Gasteiger partial charge in [0.1, 0.15) is 47.4 Å². The van der Waals surface area contributed by atoms with Crippen molar-refractivity contribution in [1.29, 1.82) is 21.0 Å². The van der Waals surface area contributed by atoms with Crippen LogP contribution in [0.3, 0.4) is 0 Å². The number of anilines is 4. The van der Waals surface area contributed by atoms with Crippen molar-refractivity contribution in [2.24, 2.45) is 0 Å². The number of nitrogens with two attached hydrogens (primary N) is 4. The molecule has 0 saturated carbocycles. The summed E-state index contributed by atoms with van der Waals surface area (Å²) in [6, 6.07) is 7.00. The largest absolute Gasteiger partial charge is 4.00 e. The Kier molecular flexibility index (Phi) is 102. The maximum Gasteiger partial charge on any atom is 4.00 e. The summed E-state index contributed by atoms with van der Waals surface area (Å²) in [7, 11) is 0. The number of fused-ring (bicyclic) bond motifs is 4. The van der Waals surface area contributed by atoms with Gasteiger partial charge in [-0.2, -0.15) is 21.0 Å². The van der Waals surface area contributed by atoms with E-state index < -0.39 is 0 Å². The molecule has 68 heavy (non-hydrogen) atoms. The number of halogens is 12. The van der Waals surface area contributed by atoms with Crippen molar-refractivity contribution >= 4 is 67.9 Å².